The van der Waals surface area contributed by atoms with Gasteiger partial charge in [0.25, 0.3) is 5.91 Å². The maximum atomic E-state index is 11.1. The van der Waals surface area contributed by atoms with Gasteiger partial charge in [-0.3, -0.25) is 4.79 Å². The zero-order valence-electron chi connectivity index (χ0n) is 6.41. The summed E-state index contributed by atoms with van der Waals surface area (Å²) in [4.78, 5) is 11.1. The Labute approximate surface area is 68.1 Å². The molecule has 1 aromatic heterocycles. The molecule has 0 unspecified atom stereocenters. The quantitative estimate of drug-likeness (QED) is 0.470. The van der Waals surface area contributed by atoms with E-state index in [1.807, 2.05) is 0 Å². The number of carbonyl (C=O) groups excluding carboxylic acids is 1. The van der Waals surface area contributed by atoms with Crippen LogP contribution in [0.25, 0.3) is 0 Å². The number of quaternary nitrogens is 1. The maximum absolute atomic E-state index is 11.1. The van der Waals surface area contributed by atoms with Crippen LogP contribution >= 0.6 is 0 Å². The Morgan fingerprint density at radius 1 is 1.67 bits per heavy atom. The summed E-state index contributed by atoms with van der Waals surface area (Å²) in [5.41, 5.74) is 8.84. The van der Waals surface area contributed by atoms with Crippen molar-refractivity contribution in [2.75, 3.05) is 18.8 Å². The third-order valence-corrected chi connectivity index (χ3v) is 1.19. The number of amides is 1. The first kappa shape index (κ1) is 8.47. The lowest BCUT2D eigenvalue weighted by Crippen LogP contribution is -2.54. The number of nitrogens with zero attached hydrogens (tertiary/aromatic N) is 2. The molecule has 0 radical (unpaired) electrons. The van der Waals surface area contributed by atoms with Crippen LogP contribution in [-0.2, 0) is 0 Å². The van der Waals surface area contributed by atoms with Crippen molar-refractivity contribution in [3.05, 3.63) is 5.69 Å². The van der Waals surface area contributed by atoms with Crippen LogP contribution in [0.15, 0.2) is 4.63 Å². The van der Waals surface area contributed by atoms with Gasteiger partial charge in [0.2, 0.25) is 11.5 Å². The van der Waals surface area contributed by atoms with Gasteiger partial charge in [-0.1, -0.05) is 0 Å². The average Bonchev–Trinajstić information content (AvgIpc) is 2.47. The minimum Gasteiger partial charge on any atom is -0.379 e. The molecule has 6 N–H and O–H groups in total. The van der Waals surface area contributed by atoms with Crippen LogP contribution in [0.4, 0.5) is 5.82 Å². The molecule has 7 heteroatoms. The van der Waals surface area contributed by atoms with Gasteiger partial charge in [0, 0.05) is 0 Å². The van der Waals surface area contributed by atoms with Crippen molar-refractivity contribution in [1.29, 1.82) is 0 Å². The van der Waals surface area contributed by atoms with E-state index in [-0.39, 0.29) is 11.5 Å². The van der Waals surface area contributed by atoms with E-state index < -0.39 is 5.91 Å². The lowest BCUT2D eigenvalue weighted by Gasteiger charge is -1.96. The Kier molecular flexibility index (Phi) is 2.59. The largest absolute Gasteiger partial charge is 0.379 e. The summed E-state index contributed by atoms with van der Waals surface area (Å²) in [6.45, 7) is 1.09. The number of carbonyl (C=O) groups is 1. The molecule has 0 bridgehead atoms. The van der Waals surface area contributed by atoms with Crippen LogP contribution < -0.4 is 16.8 Å². The van der Waals surface area contributed by atoms with Crippen LogP contribution in [0.2, 0.25) is 0 Å². The van der Waals surface area contributed by atoms with E-state index in [0.29, 0.717) is 13.1 Å². The van der Waals surface area contributed by atoms with Crippen molar-refractivity contribution in [3.8, 4) is 0 Å². The molecule has 1 amide bonds. The molecule has 0 saturated heterocycles. The lowest BCUT2D eigenvalue weighted by atomic mass is 10.4. The summed E-state index contributed by atoms with van der Waals surface area (Å²) in [6, 6.07) is 0. The van der Waals surface area contributed by atoms with Crippen molar-refractivity contribution in [2.45, 2.75) is 0 Å². The molecule has 0 aliphatic carbocycles. The number of nitrogens with one attached hydrogen (secondary N) is 1. The van der Waals surface area contributed by atoms with Crippen LogP contribution in [0.5, 0.6) is 0 Å². The van der Waals surface area contributed by atoms with Crippen molar-refractivity contribution in [3.63, 3.8) is 0 Å². The van der Waals surface area contributed by atoms with Gasteiger partial charge in [0.15, 0.2) is 0 Å². The summed E-state index contributed by atoms with van der Waals surface area (Å²) >= 11 is 0. The number of aromatic nitrogens is 2. The SMILES string of the molecule is Nc1nonc1C(=O)NCC[NH3+]. The second kappa shape index (κ2) is 3.67. The summed E-state index contributed by atoms with van der Waals surface area (Å²) in [5, 5.41) is 9.12. The Balaban J connectivity index is 2.59. The third kappa shape index (κ3) is 1.70. The van der Waals surface area contributed by atoms with E-state index in [1.54, 1.807) is 0 Å². The highest BCUT2D eigenvalue weighted by Crippen LogP contribution is 2.02. The standard InChI is InChI=1S/C5H9N5O2/c6-1-2-8-5(11)3-4(7)10-12-9-3/h1-2,6H2,(H2,7,10)(H,8,11)/p+1. The molecular formula is C5H10N5O2+. The van der Waals surface area contributed by atoms with Gasteiger partial charge in [0.05, 0.1) is 13.1 Å². The van der Waals surface area contributed by atoms with Crippen LogP contribution in [0.3, 0.4) is 0 Å². The molecule has 0 aromatic carbocycles. The first-order valence-corrected chi connectivity index (χ1v) is 3.41. The number of rotatable bonds is 3. The fourth-order valence-electron chi connectivity index (χ4n) is 0.639. The monoisotopic (exact) mass is 172 g/mol. The summed E-state index contributed by atoms with van der Waals surface area (Å²) < 4.78 is 4.24. The van der Waals surface area contributed by atoms with Gasteiger partial charge in [-0.05, 0) is 10.3 Å². The van der Waals surface area contributed by atoms with E-state index >= 15 is 0 Å². The number of hydrogen-bond donors (Lipinski definition) is 3. The zero-order valence-corrected chi connectivity index (χ0v) is 6.41. The third-order valence-electron chi connectivity index (χ3n) is 1.19. The van der Waals surface area contributed by atoms with Crippen molar-refractivity contribution in [1.82, 2.24) is 15.6 Å². The second-order valence-electron chi connectivity index (χ2n) is 2.11. The first-order valence-electron chi connectivity index (χ1n) is 3.41. The number of anilines is 1. The smallest absolute Gasteiger partial charge is 0.277 e. The average molecular weight is 172 g/mol. The molecule has 0 atom stereocenters. The summed E-state index contributed by atoms with van der Waals surface area (Å²) in [5.74, 6) is -0.394. The summed E-state index contributed by atoms with van der Waals surface area (Å²) in [7, 11) is 0. The lowest BCUT2D eigenvalue weighted by molar-refractivity contribution is -0.364. The molecule has 0 fully saturated rings. The first-order chi connectivity index (χ1) is 5.75. The van der Waals surface area contributed by atoms with Gasteiger partial charge in [-0.15, -0.1) is 0 Å². The predicted molar refractivity (Wildman–Crippen MR) is 38.8 cm³/mol. The van der Waals surface area contributed by atoms with Gasteiger partial charge in [-0.2, -0.15) is 0 Å². The molecule has 1 heterocycles. The van der Waals surface area contributed by atoms with Crippen LogP contribution in [0, 0.1) is 0 Å². The number of hydrogen-bond acceptors (Lipinski definition) is 5. The molecule has 66 valence electrons. The minimum absolute atomic E-state index is 0.00318. The van der Waals surface area contributed by atoms with Gasteiger partial charge < -0.3 is 16.8 Å². The van der Waals surface area contributed by atoms with E-state index in [9.17, 15) is 4.79 Å². The van der Waals surface area contributed by atoms with Gasteiger partial charge in [0.1, 0.15) is 0 Å². The zero-order chi connectivity index (χ0) is 8.97. The Morgan fingerprint density at radius 2 is 2.42 bits per heavy atom. The van der Waals surface area contributed by atoms with Gasteiger partial charge >= 0.3 is 0 Å². The minimum atomic E-state index is -0.391. The van der Waals surface area contributed by atoms with Crippen LogP contribution in [-0.4, -0.2) is 29.3 Å². The van der Waals surface area contributed by atoms with E-state index in [2.05, 4.69) is 26.0 Å². The predicted octanol–water partition coefficient (Wildman–Crippen LogP) is -2.38. The highest BCUT2D eigenvalue weighted by molar-refractivity contribution is 5.95. The fourth-order valence-corrected chi connectivity index (χ4v) is 0.639. The molecule has 1 rings (SSSR count). The second-order valence-corrected chi connectivity index (χ2v) is 2.11. The van der Waals surface area contributed by atoms with E-state index in [0.717, 1.165) is 0 Å². The Morgan fingerprint density at radius 3 is 2.92 bits per heavy atom. The molecular weight excluding hydrogens is 162 g/mol. The Hall–Kier alpha value is -1.63. The highest BCUT2D eigenvalue weighted by Gasteiger charge is 2.14. The molecule has 1 aromatic rings. The number of nitrogen functional groups attached to an aromatic ring is 1. The van der Waals surface area contributed by atoms with Gasteiger partial charge in [-0.25, -0.2) is 4.63 Å². The van der Waals surface area contributed by atoms with Crippen molar-refractivity contribution in [2.24, 2.45) is 0 Å². The topological polar surface area (TPSA) is 122 Å². The molecule has 0 saturated carbocycles. The van der Waals surface area contributed by atoms with E-state index in [1.165, 1.54) is 0 Å². The molecule has 7 nitrogen and oxygen atoms in total. The molecule has 0 aliphatic rings. The van der Waals surface area contributed by atoms with Crippen molar-refractivity contribution < 1.29 is 15.2 Å². The molecule has 0 aliphatic heterocycles. The summed E-state index contributed by atoms with van der Waals surface area (Å²) in [6.07, 6.45) is 0. The maximum Gasteiger partial charge on any atom is 0.277 e. The molecule has 0 spiro atoms. The Bertz CT molecular complexity index is 271. The van der Waals surface area contributed by atoms with E-state index in [4.69, 9.17) is 5.73 Å². The molecule has 12 heavy (non-hydrogen) atoms. The van der Waals surface area contributed by atoms with Crippen molar-refractivity contribution >= 4 is 11.7 Å². The number of nitrogens with two attached hydrogens (primary N) is 1. The fraction of sp³-hybridized carbons (Fsp3) is 0.400. The highest BCUT2D eigenvalue weighted by atomic mass is 16.6. The van der Waals surface area contributed by atoms with Crippen LogP contribution in [0.1, 0.15) is 10.5 Å². The normalized spacial score (nSPS) is 9.75.